The summed E-state index contributed by atoms with van der Waals surface area (Å²) in [4.78, 5) is 14.2. The monoisotopic (exact) mass is 324 g/mol. The van der Waals surface area contributed by atoms with E-state index in [1.807, 2.05) is 13.8 Å². The van der Waals surface area contributed by atoms with E-state index in [1.54, 1.807) is 17.0 Å². The van der Waals surface area contributed by atoms with Crippen molar-refractivity contribution in [3.05, 3.63) is 29.6 Å². The molecule has 0 radical (unpaired) electrons. The first-order chi connectivity index (χ1) is 10.9. The molecule has 1 aliphatic heterocycles. The van der Waals surface area contributed by atoms with Crippen LogP contribution < -0.4 is 10.1 Å². The molecule has 0 aromatic heterocycles. The first kappa shape index (κ1) is 17.5. The first-order valence-electron chi connectivity index (χ1n) is 7.88. The summed E-state index contributed by atoms with van der Waals surface area (Å²) in [5.41, 5.74) is 0.538. The summed E-state index contributed by atoms with van der Waals surface area (Å²) in [6, 6.07) is 4.13. The molecule has 6 heteroatoms. The van der Waals surface area contributed by atoms with E-state index in [1.165, 1.54) is 13.2 Å². The number of piperidine rings is 1. The van der Waals surface area contributed by atoms with Gasteiger partial charge in [0, 0.05) is 18.5 Å². The molecule has 0 spiro atoms. The third-order valence-electron chi connectivity index (χ3n) is 4.47. The first-order valence-corrected chi connectivity index (χ1v) is 7.88. The number of ether oxygens (including phenoxy) is 1. The summed E-state index contributed by atoms with van der Waals surface area (Å²) in [5.74, 6) is -0.265. The highest BCUT2D eigenvalue weighted by Gasteiger charge is 2.32. The second kappa shape index (κ2) is 7.17. The summed E-state index contributed by atoms with van der Waals surface area (Å²) in [7, 11) is 1.41. The zero-order valence-corrected chi connectivity index (χ0v) is 13.9. The number of aliphatic hydroxyl groups excluding tert-OH is 1. The Kier molecular flexibility index (Phi) is 5.46. The summed E-state index contributed by atoms with van der Waals surface area (Å²) in [5, 5.41) is 12.4. The van der Waals surface area contributed by atoms with Crippen LogP contribution in [0.4, 0.5) is 9.18 Å². The number of benzene rings is 1. The van der Waals surface area contributed by atoms with Crippen molar-refractivity contribution < 1.29 is 19.0 Å². The van der Waals surface area contributed by atoms with Gasteiger partial charge in [-0.15, -0.1) is 0 Å². The molecule has 0 aliphatic carbocycles. The highest BCUT2D eigenvalue weighted by molar-refractivity contribution is 5.75. The van der Waals surface area contributed by atoms with Crippen molar-refractivity contribution in [3.8, 4) is 5.75 Å². The fraction of sp³-hybridized carbons (Fsp3) is 0.588. The van der Waals surface area contributed by atoms with Crippen molar-refractivity contribution in [1.82, 2.24) is 10.2 Å². The summed E-state index contributed by atoms with van der Waals surface area (Å²) >= 11 is 0. The number of methoxy groups -OCH3 is 1. The molecule has 23 heavy (non-hydrogen) atoms. The van der Waals surface area contributed by atoms with Gasteiger partial charge in [0.15, 0.2) is 11.6 Å². The largest absolute Gasteiger partial charge is 0.494 e. The van der Waals surface area contributed by atoms with Gasteiger partial charge in [-0.2, -0.15) is 0 Å². The SMILES string of the molecule is COc1cc(C(C)NC(=O)N2CCCC(C)(CO)C2)ccc1F. The van der Waals surface area contributed by atoms with Gasteiger partial charge in [0.05, 0.1) is 19.8 Å². The predicted octanol–water partition coefficient (Wildman–Crippen LogP) is 2.70. The molecule has 0 bridgehead atoms. The highest BCUT2D eigenvalue weighted by atomic mass is 19.1. The average molecular weight is 324 g/mol. The molecule has 1 fully saturated rings. The van der Waals surface area contributed by atoms with Crippen molar-refractivity contribution in [1.29, 1.82) is 0 Å². The third-order valence-corrected chi connectivity index (χ3v) is 4.47. The smallest absolute Gasteiger partial charge is 0.317 e. The number of hydrogen-bond donors (Lipinski definition) is 2. The Morgan fingerprint density at radius 3 is 2.96 bits per heavy atom. The average Bonchev–Trinajstić information content (AvgIpc) is 2.55. The maximum atomic E-state index is 13.5. The lowest BCUT2D eigenvalue weighted by molar-refractivity contribution is 0.0609. The summed E-state index contributed by atoms with van der Waals surface area (Å²) < 4.78 is 18.4. The Hall–Kier alpha value is -1.82. The van der Waals surface area contributed by atoms with Crippen LogP contribution in [-0.2, 0) is 0 Å². The molecule has 2 N–H and O–H groups in total. The molecule has 1 saturated heterocycles. The van der Waals surface area contributed by atoms with Crippen LogP contribution in [0.15, 0.2) is 18.2 Å². The number of carbonyl (C=O) groups excluding carboxylic acids is 1. The van der Waals surface area contributed by atoms with E-state index >= 15 is 0 Å². The van der Waals surface area contributed by atoms with E-state index in [0.717, 1.165) is 18.4 Å². The van der Waals surface area contributed by atoms with E-state index in [2.05, 4.69) is 5.32 Å². The molecule has 2 rings (SSSR count). The number of nitrogens with zero attached hydrogens (tertiary/aromatic N) is 1. The van der Waals surface area contributed by atoms with Crippen molar-refractivity contribution in [2.75, 3.05) is 26.8 Å². The van der Waals surface area contributed by atoms with Crippen LogP contribution in [0, 0.1) is 11.2 Å². The van der Waals surface area contributed by atoms with Crippen LogP contribution in [-0.4, -0.2) is 42.8 Å². The third kappa shape index (κ3) is 4.13. The van der Waals surface area contributed by atoms with Crippen LogP contribution in [0.5, 0.6) is 5.75 Å². The normalized spacial score (nSPS) is 22.6. The standard InChI is InChI=1S/C17H25FN2O3/c1-12(13-5-6-14(18)15(9-13)23-3)19-16(22)20-8-4-7-17(2,10-20)11-21/h5-6,9,12,21H,4,7-8,10-11H2,1-3H3,(H,19,22). The molecule has 5 nitrogen and oxygen atoms in total. The number of likely N-dealkylation sites (tertiary alicyclic amines) is 1. The molecule has 1 aliphatic rings. The number of aliphatic hydroxyl groups is 1. The van der Waals surface area contributed by atoms with Crippen LogP contribution in [0.3, 0.4) is 0 Å². The number of carbonyl (C=O) groups is 1. The Morgan fingerprint density at radius 1 is 1.57 bits per heavy atom. The van der Waals surface area contributed by atoms with E-state index < -0.39 is 5.82 Å². The maximum absolute atomic E-state index is 13.5. The molecule has 2 atom stereocenters. The van der Waals surface area contributed by atoms with Gasteiger partial charge < -0.3 is 20.1 Å². The van der Waals surface area contributed by atoms with Crippen molar-refractivity contribution in [3.63, 3.8) is 0 Å². The van der Waals surface area contributed by atoms with Crippen molar-refractivity contribution in [2.24, 2.45) is 5.41 Å². The predicted molar refractivity (Wildman–Crippen MR) is 85.9 cm³/mol. The molecular weight excluding hydrogens is 299 g/mol. The van der Waals surface area contributed by atoms with Gasteiger partial charge in [0.1, 0.15) is 0 Å². The minimum Gasteiger partial charge on any atom is -0.494 e. The quantitative estimate of drug-likeness (QED) is 0.895. The Bertz CT molecular complexity index is 567. The molecule has 2 amide bonds. The minimum atomic E-state index is -0.426. The molecule has 1 aromatic rings. The Morgan fingerprint density at radius 2 is 2.30 bits per heavy atom. The maximum Gasteiger partial charge on any atom is 0.317 e. The van der Waals surface area contributed by atoms with Gasteiger partial charge in [-0.3, -0.25) is 0 Å². The van der Waals surface area contributed by atoms with Crippen molar-refractivity contribution in [2.45, 2.75) is 32.7 Å². The number of halogens is 1. The second-order valence-electron chi connectivity index (χ2n) is 6.56. The minimum absolute atomic E-state index is 0.0709. The summed E-state index contributed by atoms with van der Waals surface area (Å²) in [6.45, 7) is 5.12. The summed E-state index contributed by atoms with van der Waals surface area (Å²) in [6.07, 6.45) is 1.79. The van der Waals surface area contributed by atoms with Crippen LogP contribution in [0.25, 0.3) is 0 Å². The lowest BCUT2D eigenvalue weighted by atomic mass is 9.83. The van der Waals surface area contributed by atoms with Gasteiger partial charge in [-0.05, 0) is 37.5 Å². The molecule has 128 valence electrons. The Labute approximate surface area is 136 Å². The molecule has 1 aromatic carbocycles. The van der Waals surface area contributed by atoms with Gasteiger partial charge in [0.25, 0.3) is 0 Å². The van der Waals surface area contributed by atoms with Gasteiger partial charge in [0.2, 0.25) is 0 Å². The highest BCUT2D eigenvalue weighted by Crippen LogP contribution is 2.29. The van der Waals surface area contributed by atoms with Gasteiger partial charge >= 0.3 is 6.03 Å². The van der Waals surface area contributed by atoms with Crippen LogP contribution >= 0.6 is 0 Å². The van der Waals surface area contributed by atoms with E-state index in [-0.39, 0.29) is 29.8 Å². The Balaban J connectivity index is 2.02. The molecular formula is C17H25FN2O3. The van der Waals surface area contributed by atoms with E-state index in [0.29, 0.717) is 13.1 Å². The zero-order chi connectivity index (χ0) is 17.0. The number of nitrogens with one attached hydrogen (secondary N) is 1. The second-order valence-corrected chi connectivity index (χ2v) is 6.56. The molecule has 1 heterocycles. The number of amides is 2. The van der Waals surface area contributed by atoms with E-state index in [4.69, 9.17) is 4.74 Å². The van der Waals surface area contributed by atoms with Crippen LogP contribution in [0.1, 0.15) is 38.3 Å². The van der Waals surface area contributed by atoms with Crippen LogP contribution in [0.2, 0.25) is 0 Å². The fourth-order valence-corrected chi connectivity index (χ4v) is 2.92. The van der Waals surface area contributed by atoms with Gasteiger partial charge in [-0.25, -0.2) is 9.18 Å². The number of rotatable bonds is 4. The molecule has 0 saturated carbocycles. The lowest BCUT2D eigenvalue weighted by Crippen LogP contribution is -2.50. The van der Waals surface area contributed by atoms with Crippen molar-refractivity contribution >= 4 is 6.03 Å². The zero-order valence-electron chi connectivity index (χ0n) is 13.9. The topological polar surface area (TPSA) is 61.8 Å². The number of urea groups is 1. The molecule has 2 unspecified atom stereocenters. The number of hydrogen-bond acceptors (Lipinski definition) is 3. The fourth-order valence-electron chi connectivity index (χ4n) is 2.92. The van der Waals surface area contributed by atoms with E-state index in [9.17, 15) is 14.3 Å². The van der Waals surface area contributed by atoms with Gasteiger partial charge in [-0.1, -0.05) is 13.0 Å². The lowest BCUT2D eigenvalue weighted by Gasteiger charge is -2.39.